The average molecular weight is 254 g/mol. The van der Waals surface area contributed by atoms with Crippen LogP contribution in [0, 0.1) is 10.8 Å². The van der Waals surface area contributed by atoms with Gasteiger partial charge in [0.2, 0.25) is 0 Å². The minimum absolute atomic E-state index is 0.437. The molecule has 2 heteroatoms. The summed E-state index contributed by atoms with van der Waals surface area (Å²) in [5.74, 6) is 0. The van der Waals surface area contributed by atoms with E-state index in [1.165, 1.54) is 52.1 Å². The third-order valence-electron chi connectivity index (χ3n) is 4.22. The highest BCUT2D eigenvalue weighted by atomic mass is 15.3. The molecule has 108 valence electrons. The summed E-state index contributed by atoms with van der Waals surface area (Å²) in [6.07, 6.45) is 2.62. The lowest BCUT2D eigenvalue weighted by Crippen LogP contribution is -2.49. The van der Waals surface area contributed by atoms with Crippen molar-refractivity contribution in [1.82, 2.24) is 9.80 Å². The summed E-state index contributed by atoms with van der Waals surface area (Å²) in [6.45, 7) is 21.6. The second kappa shape index (κ2) is 6.38. The van der Waals surface area contributed by atoms with E-state index in [2.05, 4.69) is 51.3 Å². The lowest BCUT2D eigenvalue weighted by Gasteiger charge is -2.38. The molecule has 1 aliphatic heterocycles. The molecule has 1 fully saturated rings. The van der Waals surface area contributed by atoms with Gasteiger partial charge in [-0.25, -0.2) is 0 Å². The van der Waals surface area contributed by atoms with Crippen LogP contribution in [0.2, 0.25) is 0 Å². The van der Waals surface area contributed by atoms with E-state index in [1.807, 2.05) is 0 Å². The largest absolute Gasteiger partial charge is 0.301 e. The molecular formula is C16H34N2. The van der Waals surface area contributed by atoms with E-state index in [9.17, 15) is 0 Å². The highest BCUT2D eigenvalue weighted by Gasteiger charge is 2.23. The maximum Gasteiger partial charge on any atom is 0.0110 e. The number of nitrogens with zero attached hydrogens (tertiary/aromatic N) is 2. The Morgan fingerprint density at radius 2 is 1.33 bits per heavy atom. The Labute approximate surface area is 115 Å². The maximum atomic E-state index is 2.65. The van der Waals surface area contributed by atoms with Crippen molar-refractivity contribution in [3.63, 3.8) is 0 Å². The molecule has 1 saturated heterocycles. The molecule has 0 aromatic heterocycles. The van der Waals surface area contributed by atoms with Crippen LogP contribution in [0.4, 0.5) is 0 Å². The van der Waals surface area contributed by atoms with E-state index in [0.717, 1.165) is 0 Å². The first-order valence-corrected chi connectivity index (χ1v) is 7.67. The molecular weight excluding hydrogens is 220 g/mol. The fourth-order valence-corrected chi connectivity index (χ4v) is 2.48. The second-order valence-electron chi connectivity index (χ2n) is 7.95. The Morgan fingerprint density at radius 3 is 1.78 bits per heavy atom. The Kier molecular flexibility index (Phi) is 5.67. The highest BCUT2D eigenvalue weighted by molar-refractivity contribution is 4.77. The summed E-state index contributed by atoms with van der Waals surface area (Å²) >= 11 is 0. The van der Waals surface area contributed by atoms with Crippen molar-refractivity contribution >= 4 is 0 Å². The first-order valence-electron chi connectivity index (χ1n) is 7.67. The van der Waals surface area contributed by atoms with Crippen LogP contribution >= 0.6 is 0 Å². The fourth-order valence-electron chi connectivity index (χ4n) is 2.48. The quantitative estimate of drug-likeness (QED) is 0.741. The van der Waals surface area contributed by atoms with Crippen molar-refractivity contribution in [2.45, 2.75) is 54.4 Å². The summed E-state index contributed by atoms with van der Waals surface area (Å²) in [4.78, 5) is 5.28. The Balaban J connectivity index is 2.23. The zero-order chi connectivity index (χ0) is 13.8. The first-order chi connectivity index (χ1) is 8.22. The van der Waals surface area contributed by atoms with Gasteiger partial charge < -0.3 is 9.80 Å². The van der Waals surface area contributed by atoms with E-state index < -0.39 is 0 Å². The fraction of sp³-hybridized carbons (Fsp3) is 1.00. The lowest BCUT2D eigenvalue weighted by atomic mass is 9.86. The smallest absolute Gasteiger partial charge is 0.0110 e. The van der Waals surface area contributed by atoms with Crippen molar-refractivity contribution in [3.05, 3.63) is 0 Å². The van der Waals surface area contributed by atoms with Crippen molar-refractivity contribution in [1.29, 1.82) is 0 Å². The Bertz CT molecular complexity index is 232. The molecule has 0 bridgehead atoms. The third-order valence-corrected chi connectivity index (χ3v) is 4.22. The SMILES string of the molecule is CCC(C)(C)CCN1CCN(CC(C)(C)C)CC1. The number of hydrogen-bond acceptors (Lipinski definition) is 2. The average Bonchev–Trinajstić information content (AvgIpc) is 2.26. The molecule has 0 amide bonds. The minimum Gasteiger partial charge on any atom is -0.301 e. The maximum absolute atomic E-state index is 2.65. The molecule has 0 atom stereocenters. The zero-order valence-electron chi connectivity index (χ0n) is 13.6. The molecule has 0 spiro atoms. The van der Waals surface area contributed by atoms with Gasteiger partial charge in [0.15, 0.2) is 0 Å². The molecule has 2 nitrogen and oxygen atoms in total. The van der Waals surface area contributed by atoms with E-state index in [-0.39, 0.29) is 0 Å². The monoisotopic (exact) mass is 254 g/mol. The van der Waals surface area contributed by atoms with Gasteiger partial charge in [0.05, 0.1) is 0 Å². The molecule has 0 saturated carbocycles. The lowest BCUT2D eigenvalue weighted by molar-refractivity contribution is 0.0934. The first kappa shape index (κ1) is 16.0. The van der Waals surface area contributed by atoms with Gasteiger partial charge in [0.25, 0.3) is 0 Å². The molecule has 1 aliphatic rings. The standard InChI is InChI=1S/C16H34N2/c1-7-16(5,6)8-9-17-10-12-18(13-11-17)14-15(2,3)4/h7-14H2,1-6H3. The minimum atomic E-state index is 0.437. The summed E-state index contributed by atoms with van der Waals surface area (Å²) in [5.41, 5.74) is 0.953. The van der Waals surface area contributed by atoms with Gasteiger partial charge in [-0.15, -0.1) is 0 Å². The number of hydrogen-bond donors (Lipinski definition) is 0. The second-order valence-corrected chi connectivity index (χ2v) is 7.95. The molecule has 0 radical (unpaired) electrons. The number of rotatable bonds is 5. The van der Waals surface area contributed by atoms with Crippen LogP contribution in [-0.4, -0.2) is 49.1 Å². The van der Waals surface area contributed by atoms with Crippen molar-refractivity contribution in [3.8, 4) is 0 Å². The highest BCUT2D eigenvalue weighted by Crippen LogP contribution is 2.25. The van der Waals surface area contributed by atoms with Crippen molar-refractivity contribution < 1.29 is 0 Å². The Morgan fingerprint density at radius 1 is 0.833 bits per heavy atom. The normalized spacial score (nSPS) is 20.3. The molecule has 0 aromatic rings. The van der Waals surface area contributed by atoms with E-state index in [4.69, 9.17) is 0 Å². The van der Waals surface area contributed by atoms with Crippen LogP contribution in [0.3, 0.4) is 0 Å². The molecule has 18 heavy (non-hydrogen) atoms. The van der Waals surface area contributed by atoms with Crippen LogP contribution in [-0.2, 0) is 0 Å². The van der Waals surface area contributed by atoms with Crippen molar-refractivity contribution in [2.75, 3.05) is 39.3 Å². The van der Waals surface area contributed by atoms with E-state index in [0.29, 0.717) is 10.8 Å². The van der Waals surface area contributed by atoms with Gasteiger partial charge >= 0.3 is 0 Å². The van der Waals surface area contributed by atoms with Crippen LogP contribution in [0.15, 0.2) is 0 Å². The topological polar surface area (TPSA) is 6.48 Å². The van der Waals surface area contributed by atoms with Crippen LogP contribution in [0.1, 0.15) is 54.4 Å². The predicted molar refractivity (Wildman–Crippen MR) is 81.0 cm³/mol. The summed E-state index contributed by atoms with van der Waals surface area (Å²) in [6, 6.07) is 0. The molecule has 0 unspecified atom stereocenters. The van der Waals surface area contributed by atoms with Gasteiger partial charge in [0.1, 0.15) is 0 Å². The van der Waals surface area contributed by atoms with Gasteiger partial charge in [-0.05, 0) is 23.8 Å². The van der Waals surface area contributed by atoms with Crippen molar-refractivity contribution in [2.24, 2.45) is 10.8 Å². The van der Waals surface area contributed by atoms with Gasteiger partial charge in [-0.3, -0.25) is 0 Å². The summed E-state index contributed by atoms with van der Waals surface area (Å²) in [7, 11) is 0. The summed E-state index contributed by atoms with van der Waals surface area (Å²) < 4.78 is 0. The third kappa shape index (κ3) is 6.19. The zero-order valence-corrected chi connectivity index (χ0v) is 13.6. The van der Waals surface area contributed by atoms with Crippen LogP contribution in [0.25, 0.3) is 0 Å². The Hall–Kier alpha value is -0.0800. The van der Waals surface area contributed by atoms with Crippen LogP contribution < -0.4 is 0 Å². The van der Waals surface area contributed by atoms with Gasteiger partial charge in [-0.2, -0.15) is 0 Å². The van der Waals surface area contributed by atoms with E-state index in [1.54, 1.807) is 0 Å². The van der Waals surface area contributed by atoms with E-state index >= 15 is 0 Å². The predicted octanol–water partition coefficient (Wildman–Crippen LogP) is 3.48. The van der Waals surface area contributed by atoms with Gasteiger partial charge in [0, 0.05) is 32.7 Å². The molecule has 0 N–H and O–H groups in total. The number of piperazine rings is 1. The molecule has 1 rings (SSSR count). The molecule has 0 aromatic carbocycles. The van der Waals surface area contributed by atoms with Crippen LogP contribution in [0.5, 0.6) is 0 Å². The molecule has 1 heterocycles. The molecule has 0 aliphatic carbocycles. The van der Waals surface area contributed by atoms with Gasteiger partial charge in [-0.1, -0.05) is 48.0 Å². The summed E-state index contributed by atoms with van der Waals surface area (Å²) in [5, 5.41) is 0.